The molecule has 15 heavy (non-hydrogen) atoms. The molecule has 0 radical (unpaired) electrons. The topological polar surface area (TPSA) is 20.3 Å². The number of aldehydes is 1. The van der Waals surface area contributed by atoms with E-state index in [1.54, 1.807) is 0 Å². The highest BCUT2D eigenvalue weighted by molar-refractivity contribution is 5.59. The van der Waals surface area contributed by atoms with Gasteiger partial charge in [0.25, 0.3) is 0 Å². The Balaban J connectivity index is 2.60. The Kier molecular flexibility index (Phi) is 4.78. The summed E-state index contributed by atoms with van der Waals surface area (Å²) >= 11 is 0. The minimum Gasteiger partial charge on any atom is -0.303 e. The molecule has 0 aromatic carbocycles. The summed E-state index contributed by atoms with van der Waals surface area (Å²) in [5.74, 6) is 0. The van der Waals surface area contributed by atoms with Crippen LogP contribution in [0.3, 0.4) is 0 Å². The van der Waals surface area contributed by atoms with Gasteiger partial charge in [-0.2, -0.15) is 0 Å². The Bertz CT molecular complexity index is 199. The second kappa shape index (κ2) is 5.64. The van der Waals surface area contributed by atoms with Crippen LogP contribution in [0.2, 0.25) is 0 Å². The smallest absolute Gasteiger partial charge is 0.127 e. The van der Waals surface area contributed by atoms with E-state index < -0.39 is 0 Å². The first kappa shape index (κ1) is 12.7. The van der Waals surface area contributed by atoms with Gasteiger partial charge in [-0.05, 0) is 39.2 Å². The van der Waals surface area contributed by atoms with Crippen LogP contribution in [0.15, 0.2) is 0 Å². The number of carbonyl (C=O) groups excluding carboxylic acids is 1. The minimum absolute atomic E-state index is 0.0917. The largest absolute Gasteiger partial charge is 0.303 e. The molecule has 1 aliphatic heterocycles. The third-order valence-corrected chi connectivity index (χ3v) is 4.12. The van der Waals surface area contributed by atoms with E-state index in [0.717, 1.165) is 19.4 Å². The van der Waals surface area contributed by atoms with Crippen LogP contribution in [0.1, 0.15) is 52.9 Å². The number of rotatable bonds is 5. The maximum Gasteiger partial charge on any atom is 0.127 e. The fourth-order valence-corrected chi connectivity index (χ4v) is 2.47. The molecular weight excluding hydrogens is 186 g/mol. The molecule has 88 valence electrons. The van der Waals surface area contributed by atoms with Crippen LogP contribution in [-0.2, 0) is 4.79 Å². The van der Waals surface area contributed by atoms with Crippen molar-refractivity contribution in [1.82, 2.24) is 4.90 Å². The molecule has 2 nitrogen and oxygen atoms in total. The van der Waals surface area contributed by atoms with Crippen molar-refractivity contribution < 1.29 is 4.79 Å². The summed E-state index contributed by atoms with van der Waals surface area (Å²) in [5.41, 5.74) is -0.0917. The maximum atomic E-state index is 11.2. The monoisotopic (exact) mass is 211 g/mol. The number of hydrogen-bond donors (Lipinski definition) is 0. The molecule has 0 amide bonds. The summed E-state index contributed by atoms with van der Waals surface area (Å²) in [5, 5.41) is 0. The van der Waals surface area contributed by atoms with Gasteiger partial charge in [-0.1, -0.05) is 20.3 Å². The van der Waals surface area contributed by atoms with Gasteiger partial charge in [-0.25, -0.2) is 0 Å². The van der Waals surface area contributed by atoms with E-state index in [9.17, 15) is 4.79 Å². The maximum absolute atomic E-state index is 11.2. The van der Waals surface area contributed by atoms with Crippen molar-refractivity contribution in [1.29, 1.82) is 0 Å². The van der Waals surface area contributed by atoms with E-state index in [-0.39, 0.29) is 5.41 Å². The first-order valence-electron chi connectivity index (χ1n) is 6.38. The molecule has 0 aromatic heterocycles. The van der Waals surface area contributed by atoms with Crippen molar-refractivity contribution >= 4 is 6.29 Å². The van der Waals surface area contributed by atoms with E-state index in [1.807, 2.05) is 0 Å². The first-order valence-corrected chi connectivity index (χ1v) is 6.38. The molecule has 1 fully saturated rings. The van der Waals surface area contributed by atoms with Gasteiger partial charge in [-0.15, -0.1) is 0 Å². The number of likely N-dealkylation sites (tertiary alicyclic amines) is 1. The highest BCUT2D eigenvalue weighted by atomic mass is 16.1. The molecule has 0 saturated carbocycles. The van der Waals surface area contributed by atoms with Crippen LogP contribution in [0.4, 0.5) is 0 Å². The average Bonchev–Trinajstić information content (AvgIpc) is 2.29. The van der Waals surface area contributed by atoms with Crippen LogP contribution in [0.5, 0.6) is 0 Å². The van der Waals surface area contributed by atoms with Gasteiger partial charge in [0.1, 0.15) is 6.29 Å². The Morgan fingerprint density at radius 1 is 1.33 bits per heavy atom. The second-order valence-electron chi connectivity index (χ2n) is 5.00. The Morgan fingerprint density at radius 2 is 2.00 bits per heavy atom. The van der Waals surface area contributed by atoms with Gasteiger partial charge in [0.2, 0.25) is 0 Å². The van der Waals surface area contributed by atoms with E-state index in [1.165, 1.54) is 32.1 Å². The van der Waals surface area contributed by atoms with E-state index in [0.29, 0.717) is 6.04 Å². The highest BCUT2D eigenvalue weighted by Crippen LogP contribution is 2.28. The van der Waals surface area contributed by atoms with Crippen molar-refractivity contribution in [2.45, 2.75) is 58.9 Å². The van der Waals surface area contributed by atoms with Gasteiger partial charge in [0, 0.05) is 18.0 Å². The van der Waals surface area contributed by atoms with Gasteiger partial charge < -0.3 is 4.79 Å². The summed E-state index contributed by atoms with van der Waals surface area (Å²) in [6, 6.07) is 0.663. The zero-order valence-corrected chi connectivity index (χ0v) is 10.5. The zero-order chi connectivity index (χ0) is 11.3. The standard InChI is InChI=1S/C13H25NO/c1-4-13(5-2,11-15)10-14-9-7-6-8-12(14)3/h11-12H,4-10H2,1-3H3. The molecule has 2 heteroatoms. The van der Waals surface area contributed by atoms with Crippen LogP contribution < -0.4 is 0 Å². The van der Waals surface area contributed by atoms with E-state index in [2.05, 4.69) is 25.7 Å². The molecule has 0 aliphatic carbocycles. The number of nitrogens with zero attached hydrogens (tertiary/aromatic N) is 1. The predicted octanol–water partition coefficient (Wildman–Crippen LogP) is 2.87. The Morgan fingerprint density at radius 3 is 2.47 bits per heavy atom. The SMILES string of the molecule is CCC(C=O)(CC)CN1CCCCC1C. The summed E-state index contributed by atoms with van der Waals surface area (Å²) in [6.07, 6.45) is 7.07. The average molecular weight is 211 g/mol. The summed E-state index contributed by atoms with van der Waals surface area (Å²) in [6.45, 7) is 8.69. The lowest BCUT2D eigenvalue weighted by Gasteiger charge is -2.39. The summed E-state index contributed by atoms with van der Waals surface area (Å²) in [7, 11) is 0. The van der Waals surface area contributed by atoms with Crippen LogP contribution in [-0.4, -0.2) is 30.3 Å². The van der Waals surface area contributed by atoms with Crippen molar-refractivity contribution in [2.24, 2.45) is 5.41 Å². The normalized spacial score (nSPS) is 24.1. The Labute approximate surface area is 94.0 Å². The van der Waals surface area contributed by atoms with E-state index >= 15 is 0 Å². The van der Waals surface area contributed by atoms with Crippen LogP contribution >= 0.6 is 0 Å². The van der Waals surface area contributed by atoms with Gasteiger partial charge in [0.05, 0.1) is 0 Å². The fourth-order valence-electron chi connectivity index (χ4n) is 2.47. The first-order chi connectivity index (χ1) is 7.17. The van der Waals surface area contributed by atoms with Gasteiger partial charge in [-0.3, -0.25) is 4.90 Å². The van der Waals surface area contributed by atoms with Crippen molar-refractivity contribution in [2.75, 3.05) is 13.1 Å². The molecule has 1 heterocycles. The third-order valence-electron chi connectivity index (χ3n) is 4.12. The fraction of sp³-hybridized carbons (Fsp3) is 0.923. The molecule has 0 N–H and O–H groups in total. The predicted molar refractivity (Wildman–Crippen MR) is 64.0 cm³/mol. The molecule has 1 saturated heterocycles. The molecule has 1 rings (SSSR count). The lowest BCUT2D eigenvalue weighted by molar-refractivity contribution is -0.118. The molecule has 1 unspecified atom stereocenters. The zero-order valence-electron chi connectivity index (χ0n) is 10.5. The second-order valence-corrected chi connectivity index (χ2v) is 5.00. The lowest BCUT2D eigenvalue weighted by atomic mass is 9.82. The van der Waals surface area contributed by atoms with Crippen molar-refractivity contribution in [3.05, 3.63) is 0 Å². The molecular formula is C13H25NO. The van der Waals surface area contributed by atoms with Crippen molar-refractivity contribution in [3.8, 4) is 0 Å². The van der Waals surface area contributed by atoms with Crippen molar-refractivity contribution in [3.63, 3.8) is 0 Å². The number of carbonyl (C=O) groups is 1. The summed E-state index contributed by atoms with van der Waals surface area (Å²) in [4.78, 5) is 13.7. The summed E-state index contributed by atoms with van der Waals surface area (Å²) < 4.78 is 0. The van der Waals surface area contributed by atoms with E-state index in [4.69, 9.17) is 0 Å². The highest BCUT2D eigenvalue weighted by Gasteiger charge is 2.30. The number of hydrogen-bond acceptors (Lipinski definition) is 2. The molecule has 0 aromatic rings. The van der Waals surface area contributed by atoms with Crippen LogP contribution in [0.25, 0.3) is 0 Å². The molecule has 0 spiro atoms. The minimum atomic E-state index is -0.0917. The van der Waals surface area contributed by atoms with Gasteiger partial charge in [0.15, 0.2) is 0 Å². The molecule has 1 atom stereocenters. The third kappa shape index (κ3) is 3.04. The quantitative estimate of drug-likeness (QED) is 0.652. The molecule has 0 bridgehead atoms. The Hall–Kier alpha value is -0.370. The lowest BCUT2D eigenvalue weighted by Crippen LogP contribution is -2.45. The van der Waals surface area contributed by atoms with Gasteiger partial charge >= 0.3 is 0 Å². The number of piperidine rings is 1. The molecule has 1 aliphatic rings. The van der Waals surface area contributed by atoms with Crippen LogP contribution in [0, 0.1) is 5.41 Å².